The lowest BCUT2D eigenvalue weighted by Crippen LogP contribution is -2.27. The minimum absolute atomic E-state index is 0.142. The molecular formula is C11H23NO2. The minimum Gasteiger partial charge on any atom is -0.396 e. The molecular weight excluding hydrogens is 178 g/mol. The molecule has 0 saturated carbocycles. The van der Waals surface area contributed by atoms with Gasteiger partial charge < -0.3 is 10.4 Å². The molecule has 0 heterocycles. The number of unbranched alkanes of at least 4 members (excludes halogenated alkanes) is 2. The van der Waals surface area contributed by atoms with E-state index >= 15 is 0 Å². The van der Waals surface area contributed by atoms with E-state index in [0.717, 1.165) is 32.2 Å². The van der Waals surface area contributed by atoms with E-state index in [1.165, 1.54) is 0 Å². The molecule has 0 rings (SSSR count). The average Bonchev–Trinajstić information content (AvgIpc) is 2.21. The number of hydrogen-bond donors (Lipinski definition) is 2. The lowest BCUT2D eigenvalue weighted by Gasteiger charge is -2.09. The number of carbonyl (C=O) groups is 1. The molecule has 3 nitrogen and oxygen atoms in total. The van der Waals surface area contributed by atoms with Crippen LogP contribution in [0.4, 0.5) is 0 Å². The topological polar surface area (TPSA) is 49.3 Å². The zero-order valence-corrected chi connectivity index (χ0v) is 9.38. The maximum absolute atomic E-state index is 11.3. The van der Waals surface area contributed by atoms with Crippen LogP contribution < -0.4 is 5.32 Å². The van der Waals surface area contributed by atoms with Crippen molar-refractivity contribution in [3.8, 4) is 0 Å². The van der Waals surface area contributed by atoms with Crippen molar-refractivity contribution in [3.63, 3.8) is 0 Å². The molecule has 0 aromatic carbocycles. The molecule has 0 aliphatic heterocycles. The normalized spacial score (nSPS) is 12.5. The van der Waals surface area contributed by atoms with Crippen molar-refractivity contribution in [2.24, 2.45) is 5.92 Å². The van der Waals surface area contributed by atoms with Gasteiger partial charge in [0.2, 0.25) is 5.91 Å². The molecule has 0 aliphatic carbocycles. The van der Waals surface area contributed by atoms with E-state index in [0.29, 0.717) is 12.3 Å². The van der Waals surface area contributed by atoms with Gasteiger partial charge in [-0.1, -0.05) is 26.7 Å². The second-order valence-electron chi connectivity index (χ2n) is 3.85. The van der Waals surface area contributed by atoms with Crippen molar-refractivity contribution in [2.45, 2.75) is 46.0 Å². The first kappa shape index (κ1) is 13.4. The predicted molar refractivity (Wildman–Crippen MR) is 58.0 cm³/mol. The Balaban J connectivity index is 3.28. The van der Waals surface area contributed by atoms with Crippen molar-refractivity contribution < 1.29 is 9.90 Å². The van der Waals surface area contributed by atoms with Crippen LogP contribution in [0.25, 0.3) is 0 Å². The zero-order valence-electron chi connectivity index (χ0n) is 9.38. The maximum atomic E-state index is 11.3. The Hall–Kier alpha value is -0.570. The molecule has 1 amide bonds. The van der Waals surface area contributed by atoms with Crippen molar-refractivity contribution in [2.75, 3.05) is 13.2 Å². The third kappa shape index (κ3) is 8.05. The molecule has 0 bridgehead atoms. The van der Waals surface area contributed by atoms with Crippen molar-refractivity contribution in [1.29, 1.82) is 0 Å². The molecule has 3 heteroatoms. The SMILES string of the molecule is CCC(C)CNC(=O)CCCCCO. The second-order valence-corrected chi connectivity index (χ2v) is 3.85. The Labute approximate surface area is 86.9 Å². The number of aliphatic hydroxyl groups excluding tert-OH is 1. The first-order valence-electron chi connectivity index (χ1n) is 5.58. The fourth-order valence-corrected chi connectivity index (χ4v) is 1.09. The zero-order chi connectivity index (χ0) is 10.8. The smallest absolute Gasteiger partial charge is 0.220 e. The molecule has 0 aliphatic rings. The number of aliphatic hydroxyl groups is 1. The Morgan fingerprint density at radius 1 is 1.36 bits per heavy atom. The summed E-state index contributed by atoms with van der Waals surface area (Å²) in [6, 6.07) is 0. The molecule has 0 aromatic rings. The van der Waals surface area contributed by atoms with E-state index < -0.39 is 0 Å². The first-order valence-corrected chi connectivity index (χ1v) is 5.58. The van der Waals surface area contributed by atoms with E-state index in [1.807, 2.05) is 0 Å². The van der Waals surface area contributed by atoms with E-state index in [2.05, 4.69) is 19.2 Å². The van der Waals surface area contributed by atoms with Gasteiger partial charge in [-0.3, -0.25) is 4.79 Å². The first-order chi connectivity index (χ1) is 6.70. The van der Waals surface area contributed by atoms with Crippen LogP contribution in [0.15, 0.2) is 0 Å². The summed E-state index contributed by atoms with van der Waals surface area (Å²) in [5, 5.41) is 11.4. The van der Waals surface area contributed by atoms with Crippen LogP contribution in [0.2, 0.25) is 0 Å². The number of carbonyl (C=O) groups excluding carboxylic acids is 1. The van der Waals surface area contributed by atoms with Gasteiger partial charge in [-0.15, -0.1) is 0 Å². The van der Waals surface area contributed by atoms with Gasteiger partial charge in [0, 0.05) is 19.6 Å². The number of hydrogen-bond acceptors (Lipinski definition) is 2. The summed E-state index contributed by atoms with van der Waals surface area (Å²) in [5.74, 6) is 0.708. The molecule has 1 atom stereocenters. The third-order valence-electron chi connectivity index (χ3n) is 2.41. The van der Waals surface area contributed by atoms with Crippen molar-refractivity contribution in [1.82, 2.24) is 5.32 Å². The van der Waals surface area contributed by atoms with E-state index in [4.69, 9.17) is 5.11 Å². The molecule has 0 saturated heterocycles. The van der Waals surface area contributed by atoms with Crippen LogP contribution in [0.1, 0.15) is 46.0 Å². The summed E-state index contributed by atoms with van der Waals surface area (Å²) in [6.07, 6.45) is 4.32. The predicted octanol–water partition coefficient (Wildman–Crippen LogP) is 1.70. The Bertz CT molecular complexity index is 148. The Morgan fingerprint density at radius 3 is 2.64 bits per heavy atom. The van der Waals surface area contributed by atoms with Crippen LogP contribution >= 0.6 is 0 Å². The van der Waals surface area contributed by atoms with Crippen LogP contribution in [-0.2, 0) is 4.79 Å². The van der Waals surface area contributed by atoms with Gasteiger partial charge in [-0.25, -0.2) is 0 Å². The summed E-state index contributed by atoms with van der Waals surface area (Å²) < 4.78 is 0. The van der Waals surface area contributed by atoms with Crippen LogP contribution in [0.5, 0.6) is 0 Å². The van der Waals surface area contributed by atoms with Crippen molar-refractivity contribution in [3.05, 3.63) is 0 Å². The maximum Gasteiger partial charge on any atom is 0.220 e. The summed E-state index contributed by atoms with van der Waals surface area (Å²) in [7, 11) is 0. The summed E-state index contributed by atoms with van der Waals surface area (Å²) in [5.41, 5.74) is 0. The second kappa shape index (κ2) is 9.00. The van der Waals surface area contributed by atoms with Crippen molar-refractivity contribution >= 4 is 5.91 Å². The van der Waals surface area contributed by atoms with E-state index in [-0.39, 0.29) is 12.5 Å². The van der Waals surface area contributed by atoms with Gasteiger partial charge in [0.15, 0.2) is 0 Å². The third-order valence-corrected chi connectivity index (χ3v) is 2.41. The highest BCUT2D eigenvalue weighted by Gasteiger charge is 2.03. The van der Waals surface area contributed by atoms with Crippen LogP contribution in [0.3, 0.4) is 0 Å². The van der Waals surface area contributed by atoms with Gasteiger partial charge in [0.25, 0.3) is 0 Å². The molecule has 1 unspecified atom stereocenters. The van der Waals surface area contributed by atoms with Gasteiger partial charge in [-0.05, 0) is 18.8 Å². The molecule has 0 spiro atoms. The fraction of sp³-hybridized carbons (Fsp3) is 0.909. The number of rotatable bonds is 8. The number of amides is 1. The van der Waals surface area contributed by atoms with Gasteiger partial charge >= 0.3 is 0 Å². The lowest BCUT2D eigenvalue weighted by molar-refractivity contribution is -0.121. The number of nitrogens with one attached hydrogen (secondary N) is 1. The Morgan fingerprint density at radius 2 is 2.07 bits per heavy atom. The molecule has 0 fully saturated rings. The molecule has 14 heavy (non-hydrogen) atoms. The lowest BCUT2D eigenvalue weighted by atomic mass is 10.1. The summed E-state index contributed by atoms with van der Waals surface area (Å²) in [6.45, 7) is 5.27. The standard InChI is InChI=1S/C11H23NO2/c1-3-10(2)9-12-11(14)7-5-4-6-8-13/h10,13H,3-9H2,1-2H3,(H,12,14). The highest BCUT2D eigenvalue weighted by molar-refractivity contribution is 5.75. The molecule has 0 radical (unpaired) electrons. The average molecular weight is 201 g/mol. The summed E-state index contributed by atoms with van der Waals surface area (Å²) >= 11 is 0. The van der Waals surface area contributed by atoms with Gasteiger partial charge in [-0.2, -0.15) is 0 Å². The molecule has 0 aromatic heterocycles. The van der Waals surface area contributed by atoms with Crippen LogP contribution in [-0.4, -0.2) is 24.2 Å². The monoisotopic (exact) mass is 201 g/mol. The van der Waals surface area contributed by atoms with Crippen LogP contribution in [0, 0.1) is 5.92 Å². The summed E-state index contributed by atoms with van der Waals surface area (Å²) in [4.78, 5) is 11.3. The highest BCUT2D eigenvalue weighted by Crippen LogP contribution is 2.00. The highest BCUT2D eigenvalue weighted by atomic mass is 16.2. The molecule has 2 N–H and O–H groups in total. The largest absolute Gasteiger partial charge is 0.396 e. The van der Waals surface area contributed by atoms with Gasteiger partial charge in [0.1, 0.15) is 0 Å². The minimum atomic E-state index is 0.142. The van der Waals surface area contributed by atoms with E-state index in [9.17, 15) is 4.79 Å². The quantitative estimate of drug-likeness (QED) is 0.587. The molecule has 84 valence electrons. The van der Waals surface area contributed by atoms with E-state index in [1.54, 1.807) is 0 Å². The fourth-order valence-electron chi connectivity index (χ4n) is 1.09. The van der Waals surface area contributed by atoms with Gasteiger partial charge in [0.05, 0.1) is 0 Å². The Kier molecular flexibility index (Phi) is 8.64.